The number of nitrogens with zero attached hydrogens (tertiary/aromatic N) is 1. The highest BCUT2D eigenvalue weighted by molar-refractivity contribution is 7.99. The van der Waals surface area contributed by atoms with Gasteiger partial charge in [-0.05, 0) is 48.2 Å². The third-order valence-corrected chi connectivity index (χ3v) is 6.92. The zero-order valence-corrected chi connectivity index (χ0v) is 21.5. The minimum atomic E-state index is -0.542. The molecular formula is C24H29Cl3N2O2S. The van der Waals surface area contributed by atoms with Crippen LogP contribution in [0.2, 0.25) is 15.1 Å². The Morgan fingerprint density at radius 1 is 1.03 bits per heavy atom. The van der Waals surface area contributed by atoms with Crippen LogP contribution in [-0.2, 0) is 21.9 Å². The van der Waals surface area contributed by atoms with Gasteiger partial charge >= 0.3 is 0 Å². The fourth-order valence-corrected chi connectivity index (χ4v) is 4.98. The lowest BCUT2D eigenvalue weighted by Gasteiger charge is -2.30. The Balaban J connectivity index is 2.13. The van der Waals surface area contributed by atoms with Crippen molar-refractivity contribution in [2.24, 2.45) is 0 Å². The molecule has 2 rings (SSSR count). The summed E-state index contributed by atoms with van der Waals surface area (Å²) >= 11 is 19.9. The largest absolute Gasteiger partial charge is 0.354 e. The molecule has 0 aliphatic heterocycles. The third-order valence-electron chi connectivity index (χ3n) is 5.02. The summed E-state index contributed by atoms with van der Waals surface area (Å²) in [6.45, 7) is 4.93. The Kier molecular flexibility index (Phi) is 11.7. The molecular weight excluding hydrogens is 487 g/mol. The van der Waals surface area contributed by atoms with E-state index in [0.717, 1.165) is 24.0 Å². The summed E-state index contributed by atoms with van der Waals surface area (Å²) in [7, 11) is 0. The molecule has 2 aromatic rings. The molecule has 1 unspecified atom stereocenters. The van der Waals surface area contributed by atoms with E-state index in [1.807, 2.05) is 19.1 Å². The summed E-state index contributed by atoms with van der Waals surface area (Å²) in [6, 6.07) is 12.1. The molecule has 0 heterocycles. The number of thioether (sulfide) groups is 1. The Hall–Kier alpha value is -1.40. The van der Waals surface area contributed by atoms with Gasteiger partial charge in [-0.1, -0.05) is 73.3 Å². The quantitative estimate of drug-likeness (QED) is 0.324. The number of hydrogen-bond acceptors (Lipinski definition) is 3. The lowest BCUT2D eigenvalue weighted by Crippen LogP contribution is -2.49. The Labute approximate surface area is 210 Å². The summed E-state index contributed by atoms with van der Waals surface area (Å²) in [5.74, 6) is 0.500. The van der Waals surface area contributed by atoms with Gasteiger partial charge in [0.1, 0.15) is 6.04 Å². The number of carbonyl (C=O) groups is 2. The van der Waals surface area contributed by atoms with E-state index in [0.29, 0.717) is 40.3 Å². The molecule has 0 saturated carbocycles. The molecule has 1 atom stereocenters. The molecule has 0 aromatic heterocycles. The van der Waals surface area contributed by atoms with Crippen LogP contribution in [-0.4, -0.2) is 35.1 Å². The van der Waals surface area contributed by atoms with Crippen LogP contribution >= 0.6 is 46.6 Å². The summed E-state index contributed by atoms with van der Waals surface area (Å²) in [6.07, 6.45) is 2.42. The number of hydrogen-bond donors (Lipinski definition) is 1. The van der Waals surface area contributed by atoms with E-state index in [1.54, 1.807) is 35.2 Å². The summed E-state index contributed by atoms with van der Waals surface area (Å²) < 4.78 is 0. The van der Waals surface area contributed by atoms with Gasteiger partial charge in [0.15, 0.2) is 0 Å². The van der Waals surface area contributed by atoms with Crippen molar-refractivity contribution in [3.05, 3.63) is 68.7 Å². The van der Waals surface area contributed by atoms with Crippen molar-refractivity contribution >= 4 is 58.4 Å². The average Bonchev–Trinajstić information content (AvgIpc) is 2.77. The van der Waals surface area contributed by atoms with E-state index in [4.69, 9.17) is 34.8 Å². The Bertz CT molecular complexity index is 873. The van der Waals surface area contributed by atoms with Crippen LogP contribution in [0.3, 0.4) is 0 Å². The van der Waals surface area contributed by atoms with Crippen molar-refractivity contribution in [3.8, 4) is 0 Å². The molecule has 174 valence electrons. The van der Waals surface area contributed by atoms with Gasteiger partial charge in [0, 0.05) is 33.9 Å². The van der Waals surface area contributed by atoms with E-state index in [2.05, 4.69) is 12.2 Å². The molecule has 2 amide bonds. The van der Waals surface area contributed by atoms with Gasteiger partial charge in [0.2, 0.25) is 11.8 Å². The van der Waals surface area contributed by atoms with E-state index in [-0.39, 0.29) is 17.6 Å². The summed E-state index contributed by atoms with van der Waals surface area (Å²) in [4.78, 5) is 27.8. The molecule has 0 saturated heterocycles. The van der Waals surface area contributed by atoms with Crippen LogP contribution < -0.4 is 5.32 Å². The molecule has 0 aliphatic carbocycles. The molecule has 0 fully saturated rings. The van der Waals surface area contributed by atoms with Crippen molar-refractivity contribution in [1.82, 2.24) is 10.2 Å². The lowest BCUT2D eigenvalue weighted by atomic mass is 10.1. The monoisotopic (exact) mass is 514 g/mol. The fourth-order valence-electron chi connectivity index (χ4n) is 3.21. The summed E-state index contributed by atoms with van der Waals surface area (Å²) in [5.41, 5.74) is 1.73. The fraction of sp³-hybridized carbons (Fsp3) is 0.417. The first kappa shape index (κ1) is 26.8. The first-order valence-corrected chi connectivity index (χ1v) is 13.0. The van der Waals surface area contributed by atoms with Gasteiger partial charge in [-0.3, -0.25) is 9.59 Å². The Morgan fingerprint density at radius 3 is 2.28 bits per heavy atom. The van der Waals surface area contributed by atoms with Crippen molar-refractivity contribution in [1.29, 1.82) is 0 Å². The number of amides is 2. The van der Waals surface area contributed by atoms with E-state index < -0.39 is 6.04 Å². The van der Waals surface area contributed by atoms with E-state index >= 15 is 0 Å². The molecule has 0 aliphatic rings. The highest BCUT2D eigenvalue weighted by atomic mass is 35.5. The zero-order valence-electron chi connectivity index (χ0n) is 18.4. The van der Waals surface area contributed by atoms with E-state index in [9.17, 15) is 9.59 Å². The highest BCUT2D eigenvalue weighted by Gasteiger charge is 2.28. The van der Waals surface area contributed by atoms with Crippen LogP contribution in [0.25, 0.3) is 0 Å². The maximum Gasteiger partial charge on any atom is 0.242 e. The van der Waals surface area contributed by atoms with Crippen LogP contribution in [0.5, 0.6) is 0 Å². The number of benzene rings is 2. The van der Waals surface area contributed by atoms with Gasteiger partial charge < -0.3 is 10.2 Å². The number of rotatable bonds is 12. The number of nitrogens with one attached hydrogen (secondary N) is 1. The minimum absolute atomic E-state index is 0.106. The van der Waals surface area contributed by atoms with Gasteiger partial charge in [-0.15, -0.1) is 11.8 Å². The first-order chi connectivity index (χ1) is 15.4. The molecule has 8 heteroatoms. The van der Waals surface area contributed by atoms with Crippen LogP contribution in [0.4, 0.5) is 0 Å². The van der Waals surface area contributed by atoms with Gasteiger partial charge in [0.25, 0.3) is 0 Å². The number of unbranched alkanes of at least 4 members (excludes halogenated alkanes) is 1. The van der Waals surface area contributed by atoms with Crippen molar-refractivity contribution in [3.63, 3.8) is 0 Å². The minimum Gasteiger partial charge on any atom is -0.354 e. The second-order valence-electron chi connectivity index (χ2n) is 7.41. The number of halogens is 3. The van der Waals surface area contributed by atoms with Gasteiger partial charge in [-0.25, -0.2) is 0 Å². The molecule has 4 nitrogen and oxygen atoms in total. The van der Waals surface area contributed by atoms with Crippen molar-refractivity contribution in [2.45, 2.75) is 51.4 Å². The Morgan fingerprint density at radius 2 is 1.69 bits per heavy atom. The molecule has 0 bridgehead atoms. The normalized spacial score (nSPS) is 11.8. The molecule has 0 spiro atoms. The molecule has 0 radical (unpaired) electrons. The number of carbonyl (C=O) groups excluding carboxylic acids is 2. The zero-order chi connectivity index (χ0) is 23.5. The first-order valence-electron chi connectivity index (χ1n) is 10.7. The van der Waals surface area contributed by atoms with Crippen molar-refractivity contribution in [2.75, 3.05) is 12.3 Å². The lowest BCUT2D eigenvalue weighted by molar-refractivity contribution is -0.139. The smallest absolute Gasteiger partial charge is 0.242 e. The predicted octanol–water partition coefficient (Wildman–Crippen LogP) is 6.60. The highest BCUT2D eigenvalue weighted by Crippen LogP contribution is 2.28. The molecule has 1 N–H and O–H groups in total. The second kappa shape index (κ2) is 14.0. The van der Waals surface area contributed by atoms with Crippen molar-refractivity contribution < 1.29 is 9.59 Å². The van der Waals surface area contributed by atoms with Gasteiger partial charge in [-0.2, -0.15) is 0 Å². The summed E-state index contributed by atoms with van der Waals surface area (Å²) in [5, 5.41) is 4.76. The second-order valence-corrected chi connectivity index (χ2v) is 9.65. The topological polar surface area (TPSA) is 49.4 Å². The maximum absolute atomic E-state index is 13.2. The SMILES string of the molecule is CCCCNC(=O)C(CC)N(Cc1ccc(Cl)cc1)C(=O)CSCc1c(Cl)cccc1Cl. The standard InChI is InChI=1S/C24H29Cl3N2O2S/c1-3-5-13-28-24(31)22(4-2)29(14-17-9-11-18(25)12-10-17)23(30)16-32-15-19-20(26)7-6-8-21(19)27/h6-12,22H,3-5,13-16H2,1-2H3,(H,28,31). The maximum atomic E-state index is 13.2. The van der Waals surface area contributed by atoms with Crippen LogP contribution in [0.1, 0.15) is 44.2 Å². The average molecular weight is 516 g/mol. The van der Waals surface area contributed by atoms with Gasteiger partial charge in [0.05, 0.1) is 5.75 Å². The predicted molar refractivity (Wildman–Crippen MR) is 137 cm³/mol. The molecule has 2 aromatic carbocycles. The van der Waals surface area contributed by atoms with Crippen LogP contribution in [0.15, 0.2) is 42.5 Å². The van der Waals surface area contributed by atoms with E-state index in [1.165, 1.54) is 11.8 Å². The van der Waals surface area contributed by atoms with Crippen LogP contribution in [0, 0.1) is 0 Å². The third kappa shape index (κ3) is 8.18. The molecule has 32 heavy (non-hydrogen) atoms.